The zero-order valence-electron chi connectivity index (χ0n) is 9.95. The molecule has 0 unspecified atom stereocenters. The molecule has 0 aromatic heterocycles. The van der Waals surface area contributed by atoms with Crippen molar-refractivity contribution in [3.63, 3.8) is 0 Å². The second kappa shape index (κ2) is 9.33. The number of hydrogen-bond donors (Lipinski definition) is 1. The van der Waals surface area contributed by atoms with Crippen molar-refractivity contribution < 1.29 is 19.1 Å². The summed E-state index contributed by atoms with van der Waals surface area (Å²) in [6.45, 7) is 2.29. The zero-order chi connectivity index (χ0) is 12.4. The number of esters is 1. The summed E-state index contributed by atoms with van der Waals surface area (Å²) in [7, 11) is 1.26. The van der Waals surface area contributed by atoms with Crippen LogP contribution in [-0.2, 0) is 14.3 Å². The van der Waals surface area contributed by atoms with Crippen molar-refractivity contribution in [1.29, 1.82) is 0 Å². The van der Waals surface area contributed by atoms with Crippen LogP contribution in [0.4, 0.5) is 4.79 Å². The Labute approximate surface area is 100 Å². The number of nitrogens with one attached hydrogen (secondary N) is 1. The van der Waals surface area contributed by atoms with Gasteiger partial charge in [-0.15, -0.1) is 0 Å². The fourth-order valence-electron chi connectivity index (χ4n) is 0.989. The van der Waals surface area contributed by atoms with E-state index in [0.29, 0.717) is 13.0 Å². The van der Waals surface area contributed by atoms with Gasteiger partial charge < -0.3 is 14.8 Å². The summed E-state index contributed by atoms with van der Waals surface area (Å²) >= 11 is 1.61. The molecule has 0 bridgehead atoms. The minimum atomic E-state index is -0.619. The van der Waals surface area contributed by atoms with E-state index in [1.165, 1.54) is 7.11 Å². The van der Waals surface area contributed by atoms with Crippen LogP contribution in [0, 0.1) is 0 Å². The van der Waals surface area contributed by atoms with Crippen molar-refractivity contribution in [2.24, 2.45) is 0 Å². The smallest absolute Gasteiger partial charge is 0.407 e. The highest BCUT2D eigenvalue weighted by atomic mass is 32.2. The predicted octanol–water partition coefficient (Wildman–Crippen LogP) is 1.42. The number of alkyl carbamates (subject to hydrolysis) is 1. The molecule has 5 nitrogen and oxygen atoms in total. The largest absolute Gasteiger partial charge is 0.464 e. The van der Waals surface area contributed by atoms with Gasteiger partial charge >= 0.3 is 12.1 Å². The first-order valence-corrected chi connectivity index (χ1v) is 6.55. The van der Waals surface area contributed by atoms with Crippen molar-refractivity contribution in [1.82, 2.24) is 5.32 Å². The average molecular weight is 249 g/mol. The molecule has 1 atom stereocenters. The van der Waals surface area contributed by atoms with Crippen LogP contribution < -0.4 is 5.32 Å². The Morgan fingerprint density at radius 1 is 1.44 bits per heavy atom. The monoisotopic (exact) mass is 249 g/mol. The SMILES string of the molecule is CCCOC(=O)[C@@H](CCSC)NC(=O)OC. The van der Waals surface area contributed by atoms with Gasteiger partial charge in [0.1, 0.15) is 6.04 Å². The fraction of sp³-hybridized carbons (Fsp3) is 0.800. The van der Waals surface area contributed by atoms with Crippen LogP contribution in [0.25, 0.3) is 0 Å². The number of methoxy groups -OCH3 is 1. The molecule has 0 saturated heterocycles. The van der Waals surface area contributed by atoms with Crippen LogP contribution >= 0.6 is 11.8 Å². The van der Waals surface area contributed by atoms with Crippen LogP contribution in [-0.4, -0.2) is 43.8 Å². The lowest BCUT2D eigenvalue weighted by Gasteiger charge is -2.16. The number of ether oxygens (including phenoxy) is 2. The first-order valence-electron chi connectivity index (χ1n) is 5.15. The highest BCUT2D eigenvalue weighted by Gasteiger charge is 2.21. The molecule has 0 radical (unpaired) electrons. The molecule has 1 N–H and O–H groups in total. The molecule has 0 saturated carbocycles. The van der Waals surface area contributed by atoms with Gasteiger partial charge in [0.05, 0.1) is 13.7 Å². The quantitative estimate of drug-likeness (QED) is 0.691. The molecule has 0 rings (SSSR count). The van der Waals surface area contributed by atoms with Gasteiger partial charge in [-0.1, -0.05) is 6.92 Å². The van der Waals surface area contributed by atoms with E-state index in [1.54, 1.807) is 11.8 Å². The Balaban J connectivity index is 4.17. The van der Waals surface area contributed by atoms with E-state index in [4.69, 9.17) is 4.74 Å². The summed E-state index contributed by atoms with van der Waals surface area (Å²) in [6.07, 6.45) is 2.63. The summed E-state index contributed by atoms with van der Waals surface area (Å²) in [5.74, 6) is 0.372. The minimum absolute atomic E-state index is 0.372. The Morgan fingerprint density at radius 2 is 2.12 bits per heavy atom. The molecule has 0 aliphatic rings. The van der Waals surface area contributed by atoms with E-state index in [-0.39, 0.29) is 0 Å². The zero-order valence-corrected chi connectivity index (χ0v) is 10.8. The van der Waals surface area contributed by atoms with Crippen molar-refractivity contribution >= 4 is 23.8 Å². The highest BCUT2D eigenvalue weighted by molar-refractivity contribution is 7.98. The topological polar surface area (TPSA) is 64.6 Å². The number of hydrogen-bond acceptors (Lipinski definition) is 5. The molecule has 6 heteroatoms. The van der Waals surface area contributed by atoms with E-state index in [2.05, 4.69) is 10.1 Å². The van der Waals surface area contributed by atoms with Crippen molar-refractivity contribution in [2.75, 3.05) is 25.7 Å². The number of thioether (sulfide) groups is 1. The molecular formula is C10H19NO4S. The van der Waals surface area contributed by atoms with Crippen molar-refractivity contribution in [2.45, 2.75) is 25.8 Å². The second-order valence-electron chi connectivity index (χ2n) is 3.14. The van der Waals surface area contributed by atoms with E-state index in [0.717, 1.165) is 12.2 Å². The Morgan fingerprint density at radius 3 is 2.62 bits per heavy atom. The third kappa shape index (κ3) is 6.55. The molecule has 94 valence electrons. The number of rotatable bonds is 7. The summed E-state index contributed by atoms with van der Waals surface area (Å²) in [4.78, 5) is 22.6. The summed E-state index contributed by atoms with van der Waals surface area (Å²) < 4.78 is 9.43. The van der Waals surface area contributed by atoms with Crippen molar-refractivity contribution in [3.05, 3.63) is 0 Å². The Hall–Kier alpha value is -0.910. The fourth-order valence-corrected chi connectivity index (χ4v) is 1.46. The van der Waals surface area contributed by atoms with Gasteiger partial charge in [-0.2, -0.15) is 11.8 Å². The molecule has 0 aliphatic carbocycles. The number of carbonyl (C=O) groups is 2. The van der Waals surface area contributed by atoms with E-state index in [9.17, 15) is 9.59 Å². The highest BCUT2D eigenvalue weighted by Crippen LogP contribution is 2.03. The van der Waals surface area contributed by atoms with Crippen LogP contribution in [0.3, 0.4) is 0 Å². The van der Waals surface area contributed by atoms with Crippen LogP contribution in [0.2, 0.25) is 0 Å². The van der Waals surface area contributed by atoms with E-state index < -0.39 is 18.1 Å². The maximum Gasteiger partial charge on any atom is 0.407 e. The predicted molar refractivity (Wildman–Crippen MR) is 63.6 cm³/mol. The van der Waals surface area contributed by atoms with Gasteiger partial charge in [0.15, 0.2) is 0 Å². The van der Waals surface area contributed by atoms with Gasteiger partial charge in [-0.05, 0) is 24.9 Å². The molecule has 0 aromatic carbocycles. The third-order valence-corrected chi connectivity index (χ3v) is 2.47. The molecule has 1 amide bonds. The standard InChI is InChI=1S/C10H19NO4S/c1-4-6-15-9(12)8(5-7-16-3)11-10(13)14-2/h8H,4-7H2,1-3H3,(H,11,13)/t8-/m1/s1. The Bertz CT molecular complexity index is 223. The summed E-state index contributed by atoms with van der Waals surface area (Å²) in [6, 6.07) is -0.619. The maximum absolute atomic E-state index is 11.6. The molecule has 0 aliphatic heterocycles. The normalized spacial score (nSPS) is 11.7. The van der Waals surface area contributed by atoms with Gasteiger partial charge in [-0.3, -0.25) is 0 Å². The molecule has 0 aromatic rings. The first kappa shape index (κ1) is 15.1. The molecule has 16 heavy (non-hydrogen) atoms. The summed E-state index contributed by atoms with van der Waals surface area (Å²) in [5.41, 5.74) is 0. The van der Waals surface area contributed by atoms with Gasteiger partial charge in [0.2, 0.25) is 0 Å². The van der Waals surface area contributed by atoms with E-state index in [1.807, 2.05) is 13.2 Å². The molecule has 0 fully saturated rings. The third-order valence-electron chi connectivity index (χ3n) is 1.82. The molecular weight excluding hydrogens is 230 g/mol. The molecule has 0 heterocycles. The van der Waals surface area contributed by atoms with Crippen molar-refractivity contribution in [3.8, 4) is 0 Å². The van der Waals surface area contributed by atoms with Gasteiger partial charge in [0.25, 0.3) is 0 Å². The van der Waals surface area contributed by atoms with Gasteiger partial charge in [0, 0.05) is 0 Å². The minimum Gasteiger partial charge on any atom is -0.464 e. The van der Waals surface area contributed by atoms with E-state index >= 15 is 0 Å². The van der Waals surface area contributed by atoms with Crippen LogP contribution in [0.5, 0.6) is 0 Å². The average Bonchev–Trinajstić information content (AvgIpc) is 2.30. The Kier molecular flexibility index (Phi) is 8.80. The number of amides is 1. The summed E-state index contributed by atoms with van der Waals surface area (Å²) in [5, 5.41) is 2.46. The van der Waals surface area contributed by atoms with Gasteiger partial charge in [-0.25, -0.2) is 9.59 Å². The first-order chi connectivity index (χ1) is 7.65. The lowest BCUT2D eigenvalue weighted by molar-refractivity contribution is -0.146. The maximum atomic E-state index is 11.6. The van der Waals surface area contributed by atoms with Crippen LogP contribution in [0.15, 0.2) is 0 Å². The lowest BCUT2D eigenvalue weighted by atomic mass is 10.2. The molecule has 0 spiro atoms. The van der Waals surface area contributed by atoms with Crippen LogP contribution in [0.1, 0.15) is 19.8 Å². The lowest BCUT2D eigenvalue weighted by Crippen LogP contribution is -2.42. The second-order valence-corrected chi connectivity index (χ2v) is 4.12. The number of carbonyl (C=O) groups excluding carboxylic acids is 2.